The molecular weight excluding hydrogens is 334 g/mol. The second kappa shape index (κ2) is 5.91. The molecule has 4 N–H and O–H groups in total. The molecular formula is C22H21N5. The third-order valence-electron chi connectivity index (χ3n) is 5.68. The number of nitrogens with two attached hydrogens (primary N) is 1. The van der Waals surface area contributed by atoms with Crippen molar-refractivity contribution in [3.05, 3.63) is 52.7 Å². The van der Waals surface area contributed by atoms with Gasteiger partial charge in [-0.15, -0.1) is 0 Å². The number of anilines is 1. The quantitative estimate of drug-likeness (QED) is 0.364. The Hall–Kier alpha value is -3.21. The first-order chi connectivity index (χ1) is 13.2. The number of aryl methyl sites for hydroxylation is 2. The van der Waals surface area contributed by atoms with Crippen LogP contribution in [-0.2, 0) is 12.8 Å². The zero-order chi connectivity index (χ0) is 18.5. The average molecular weight is 355 g/mol. The molecule has 2 heterocycles. The molecule has 1 aliphatic carbocycles. The molecule has 0 amide bonds. The highest BCUT2D eigenvalue weighted by molar-refractivity contribution is 6.09. The number of H-pyrrole nitrogens is 1. The largest absolute Gasteiger partial charge is 0.398 e. The van der Waals surface area contributed by atoms with E-state index in [4.69, 9.17) is 16.1 Å². The first kappa shape index (κ1) is 16.0. The molecule has 1 aliphatic rings. The first-order valence-electron chi connectivity index (χ1n) is 9.37. The van der Waals surface area contributed by atoms with E-state index in [-0.39, 0.29) is 0 Å². The summed E-state index contributed by atoms with van der Waals surface area (Å²) in [5, 5.41) is 17.6. The summed E-state index contributed by atoms with van der Waals surface area (Å²) in [6.45, 7) is 2.08. The smallest absolute Gasteiger partial charge is 0.0931 e. The van der Waals surface area contributed by atoms with Crippen LogP contribution in [0.3, 0.4) is 0 Å². The summed E-state index contributed by atoms with van der Waals surface area (Å²) in [5.74, 6) is 0. The van der Waals surface area contributed by atoms with Crippen molar-refractivity contribution in [2.45, 2.75) is 32.6 Å². The maximum absolute atomic E-state index is 7.62. The van der Waals surface area contributed by atoms with E-state index in [1.165, 1.54) is 41.0 Å². The number of aromatic nitrogens is 3. The van der Waals surface area contributed by atoms with E-state index in [9.17, 15) is 0 Å². The van der Waals surface area contributed by atoms with Crippen molar-refractivity contribution in [2.24, 2.45) is 0 Å². The summed E-state index contributed by atoms with van der Waals surface area (Å²) >= 11 is 0. The van der Waals surface area contributed by atoms with Crippen molar-refractivity contribution < 1.29 is 0 Å². The Balaban J connectivity index is 1.88. The summed E-state index contributed by atoms with van der Waals surface area (Å²) in [6, 6.07) is 9.99. The Morgan fingerprint density at radius 2 is 1.81 bits per heavy atom. The predicted molar refractivity (Wildman–Crippen MR) is 111 cm³/mol. The molecule has 5 heteroatoms. The minimum atomic E-state index is 0.624. The number of nitrogens with one attached hydrogen (secondary N) is 2. The van der Waals surface area contributed by atoms with Crippen LogP contribution in [0.15, 0.2) is 30.3 Å². The topological polar surface area (TPSA) is 91.4 Å². The number of hydrogen-bond acceptors (Lipinski definition) is 4. The molecule has 2 aromatic carbocycles. The van der Waals surface area contributed by atoms with Crippen LogP contribution in [0.4, 0.5) is 5.69 Å². The van der Waals surface area contributed by atoms with Crippen molar-refractivity contribution in [1.82, 2.24) is 15.2 Å². The van der Waals surface area contributed by atoms with Crippen LogP contribution in [0, 0.1) is 12.3 Å². The summed E-state index contributed by atoms with van der Waals surface area (Å²) in [4.78, 5) is 5.08. The molecule has 0 saturated heterocycles. The van der Waals surface area contributed by atoms with Gasteiger partial charge in [0.2, 0.25) is 0 Å². The minimum absolute atomic E-state index is 0.624. The van der Waals surface area contributed by atoms with Crippen molar-refractivity contribution in [2.75, 3.05) is 5.73 Å². The lowest BCUT2D eigenvalue weighted by molar-refractivity contribution is 0.689. The maximum Gasteiger partial charge on any atom is 0.0931 e. The average Bonchev–Trinajstić information content (AvgIpc) is 3.08. The molecule has 0 unspecified atom stereocenters. The molecule has 0 bridgehead atoms. The van der Waals surface area contributed by atoms with Gasteiger partial charge in [0.05, 0.1) is 16.7 Å². The van der Waals surface area contributed by atoms with Crippen molar-refractivity contribution in [3.63, 3.8) is 0 Å². The summed E-state index contributed by atoms with van der Waals surface area (Å²) in [7, 11) is 0. The van der Waals surface area contributed by atoms with Gasteiger partial charge in [-0.3, -0.25) is 5.10 Å². The molecule has 0 radical (unpaired) electrons. The summed E-state index contributed by atoms with van der Waals surface area (Å²) in [6.07, 6.45) is 5.79. The first-order valence-corrected chi connectivity index (χ1v) is 9.37. The van der Waals surface area contributed by atoms with E-state index in [1.807, 2.05) is 24.3 Å². The number of nitrogens with zero attached hydrogens (tertiary/aromatic N) is 2. The maximum atomic E-state index is 7.62. The predicted octanol–water partition coefficient (Wildman–Crippen LogP) is 4.55. The molecule has 5 rings (SSSR count). The number of hydrogen-bond donors (Lipinski definition) is 3. The minimum Gasteiger partial charge on any atom is -0.398 e. The zero-order valence-electron chi connectivity index (χ0n) is 15.3. The fraction of sp³-hybridized carbons (Fsp3) is 0.227. The Kier molecular flexibility index (Phi) is 3.50. The molecule has 0 atom stereocenters. The Morgan fingerprint density at radius 1 is 1.04 bits per heavy atom. The van der Waals surface area contributed by atoms with Crippen LogP contribution >= 0.6 is 0 Å². The van der Waals surface area contributed by atoms with Gasteiger partial charge >= 0.3 is 0 Å². The van der Waals surface area contributed by atoms with Crippen LogP contribution in [0.1, 0.15) is 35.2 Å². The van der Waals surface area contributed by atoms with Gasteiger partial charge in [0.1, 0.15) is 0 Å². The lowest BCUT2D eigenvalue weighted by Gasteiger charge is -2.22. The van der Waals surface area contributed by atoms with E-state index in [1.54, 1.807) is 0 Å². The highest BCUT2D eigenvalue weighted by Gasteiger charge is 2.22. The summed E-state index contributed by atoms with van der Waals surface area (Å²) in [5.41, 5.74) is 15.3. The normalized spacial score (nSPS) is 13.8. The molecule has 27 heavy (non-hydrogen) atoms. The Morgan fingerprint density at radius 3 is 2.63 bits per heavy atom. The van der Waals surface area contributed by atoms with Gasteiger partial charge < -0.3 is 11.1 Å². The van der Waals surface area contributed by atoms with Gasteiger partial charge in [-0.25, -0.2) is 4.98 Å². The monoisotopic (exact) mass is 355 g/mol. The molecule has 0 spiro atoms. The van der Waals surface area contributed by atoms with Crippen molar-refractivity contribution >= 4 is 33.7 Å². The number of benzene rings is 2. The number of nitrogen functional groups attached to an aromatic ring is 1. The van der Waals surface area contributed by atoms with E-state index >= 15 is 0 Å². The molecule has 0 fully saturated rings. The second-order valence-electron chi connectivity index (χ2n) is 7.32. The highest BCUT2D eigenvalue weighted by Crippen LogP contribution is 2.38. The molecule has 2 aromatic heterocycles. The van der Waals surface area contributed by atoms with Gasteiger partial charge in [0.15, 0.2) is 0 Å². The van der Waals surface area contributed by atoms with E-state index in [0.29, 0.717) is 5.69 Å². The van der Waals surface area contributed by atoms with Gasteiger partial charge in [0, 0.05) is 39.5 Å². The molecule has 134 valence electrons. The highest BCUT2D eigenvalue weighted by atomic mass is 15.1. The number of fused-ring (bicyclic) bond motifs is 5. The van der Waals surface area contributed by atoms with Gasteiger partial charge in [-0.2, -0.15) is 5.10 Å². The van der Waals surface area contributed by atoms with Crippen LogP contribution < -0.4 is 5.73 Å². The van der Waals surface area contributed by atoms with Crippen molar-refractivity contribution in [1.29, 1.82) is 5.41 Å². The number of aromatic amines is 1. The number of rotatable bonds is 2. The van der Waals surface area contributed by atoms with Crippen molar-refractivity contribution in [3.8, 4) is 11.3 Å². The van der Waals surface area contributed by atoms with Crippen LogP contribution in [-0.4, -0.2) is 21.4 Å². The Bertz CT molecular complexity index is 1220. The van der Waals surface area contributed by atoms with Gasteiger partial charge in [0.25, 0.3) is 0 Å². The zero-order valence-corrected chi connectivity index (χ0v) is 15.3. The third kappa shape index (κ3) is 2.35. The van der Waals surface area contributed by atoms with E-state index in [0.717, 1.165) is 46.4 Å². The van der Waals surface area contributed by atoms with Gasteiger partial charge in [-0.05, 0) is 68.0 Å². The second-order valence-corrected chi connectivity index (χ2v) is 7.32. The van der Waals surface area contributed by atoms with Crippen LogP contribution in [0.2, 0.25) is 0 Å². The third-order valence-corrected chi connectivity index (χ3v) is 5.68. The fourth-order valence-corrected chi connectivity index (χ4v) is 4.37. The van der Waals surface area contributed by atoms with Crippen LogP contribution in [0.25, 0.3) is 33.1 Å². The SMILES string of the molecule is Cc1[nH]nc2ccc3nc(-c4ccc(N)c(C=N)c4)c4c(c3c12)CCCC4. The van der Waals surface area contributed by atoms with E-state index in [2.05, 4.69) is 23.2 Å². The summed E-state index contributed by atoms with van der Waals surface area (Å²) < 4.78 is 0. The standard InChI is InChI=1S/C22H21N5/c1-12-20-19(27-26-12)9-8-18-21(20)15-4-2-3-5-16(15)22(25-18)13-6-7-17(24)14(10-13)11-23/h6-11,23H,2-5,24H2,1H3,(H,26,27). The van der Waals surface area contributed by atoms with Crippen LogP contribution in [0.5, 0.6) is 0 Å². The van der Waals surface area contributed by atoms with E-state index < -0.39 is 0 Å². The molecule has 5 nitrogen and oxygen atoms in total. The molecule has 0 aliphatic heterocycles. The van der Waals surface area contributed by atoms with Gasteiger partial charge in [-0.1, -0.05) is 6.07 Å². The Labute approximate surface area is 157 Å². The molecule has 0 saturated carbocycles. The lowest BCUT2D eigenvalue weighted by atomic mass is 9.85. The molecule has 4 aromatic rings. The number of pyridine rings is 1. The lowest BCUT2D eigenvalue weighted by Crippen LogP contribution is -2.08. The fourth-order valence-electron chi connectivity index (χ4n) is 4.37.